The average Bonchev–Trinajstić information content (AvgIpc) is 2.69. The predicted molar refractivity (Wildman–Crippen MR) is 78.3 cm³/mol. The first-order valence-electron chi connectivity index (χ1n) is 6.20. The molecule has 0 radical (unpaired) electrons. The Bertz CT molecular complexity index is 506. The maximum Gasteiger partial charge on any atom is 0.224 e. The highest BCUT2D eigenvalue weighted by atomic mass is 35.5. The molecular formula is C14H16ClNO2S. The van der Waals surface area contributed by atoms with Crippen molar-refractivity contribution in [2.24, 2.45) is 0 Å². The van der Waals surface area contributed by atoms with Gasteiger partial charge in [0.2, 0.25) is 5.91 Å². The van der Waals surface area contributed by atoms with Gasteiger partial charge in [0.1, 0.15) is 0 Å². The second-order valence-corrected chi connectivity index (χ2v) is 6.56. The van der Waals surface area contributed by atoms with Gasteiger partial charge in [-0.2, -0.15) is 0 Å². The summed E-state index contributed by atoms with van der Waals surface area (Å²) in [5.74, 6) is 0.0890. The Kier molecular flexibility index (Phi) is 4.53. The number of likely N-dealkylation sites (tertiary alicyclic amines) is 1. The van der Waals surface area contributed by atoms with E-state index < -0.39 is 0 Å². The lowest BCUT2D eigenvalue weighted by molar-refractivity contribution is -0.129. The minimum atomic E-state index is -0.0567. The number of hydrogen-bond donors (Lipinski definition) is 0. The third kappa shape index (κ3) is 3.31. The monoisotopic (exact) mass is 297 g/mol. The number of rotatable bonds is 3. The number of benzene rings is 1. The molecule has 102 valence electrons. The molecule has 1 saturated heterocycles. The zero-order valence-electron chi connectivity index (χ0n) is 10.9. The van der Waals surface area contributed by atoms with Crippen molar-refractivity contribution < 1.29 is 9.59 Å². The quantitative estimate of drug-likeness (QED) is 0.859. The van der Waals surface area contributed by atoms with Crippen LogP contribution >= 0.6 is 23.4 Å². The number of hydrogen-bond acceptors (Lipinski definition) is 3. The Morgan fingerprint density at radius 1 is 1.47 bits per heavy atom. The molecule has 0 bridgehead atoms. The maximum absolute atomic E-state index is 12.1. The summed E-state index contributed by atoms with van der Waals surface area (Å²) in [6.07, 6.45) is 0.430. The van der Waals surface area contributed by atoms with Gasteiger partial charge in [-0.25, -0.2) is 0 Å². The van der Waals surface area contributed by atoms with Crippen LogP contribution in [0.1, 0.15) is 31.9 Å². The van der Waals surface area contributed by atoms with Crippen molar-refractivity contribution >= 4 is 34.4 Å². The summed E-state index contributed by atoms with van der Waals surface area (Å²) in [7, 11) is 0. The van der Waals surface area contributed by atoms with Gasteiger partial charge >= 0.3 is 0 Å². The average molecular weight is 298 g/mol. The number of nitrogens with zero attached hydrogens (tertiary/aromatic N) is 1. The number of carbonyl (C=O) groups is 2. The van der Waals surface area contributed by atoms with E-state index in [-0.39, 0.29) is 22.3 Å². The summed E-state index contributed by atoms with van der Waals surface area (Å²) in [4.78, 5) is 25.0. The SMILES string of the molecule is CC(=O)SC1CC(=O)N(C(C)c2ccccc2Cl)C1. The Hall–Kier alpha value is -1.00. The van der Waals surface area contributed by atoms with E-state index in [9.17, 15) is 9.59 Å². The molecule has 0 saturated carbocycles. The van der Waals surface area contributed by atoms with Crippen molar-refractivity contribution in [3.8, 4) is 0 Å². The molecule has 1 fully saturated rings. The fourth-order valence-electron chi connectivity index (χ4n) is 2.37. The summed E-state index contributed by atoms with van der Waals surface area (Å²) in [6.45, 7) is 4.12. The second kappa shape index (κ2) is 5.97. The number of thioether (sulfide) groups is 1. The summed E-state index contributed by atoms with van der Waals surface area (Å²) in [5.41, 5.74) is 0.950. The van der Waals surface area contributed by atoms with E-state index in [0.717, 1.165) is 5.56 Å². The molecule has 1 amide bonds. The van der Waals surface area contributed by atoms with E-state index in [1.807, 2.05) is 36.1 Å². The van der Waals surface area contributed by atoms with Crippen LogP contribution in [0.15, 0.2) is 24.3 Å². The molecule has 1 aromatic carbocycles. The highest BCUT2D eigenvalue weighted by molar-refractivity contribution is 8.14. The highest BCUT2D eigenvalue weighted by Crippen LogP contribution is 2.33. The molecule has 19 heavy (non-hydrogen) atoms. The summed E-state index contributed by atoms with van der Waals surface area (Å²) < 4.78 is 0. The highest BCUT2D eigenvalue weighted by Gasteiger charge is 2.34. The summed E-state index contributed by atoms with van der Waals surface area (Å²) in [5, 5.41) is 0.797. The molecule has 3 nitrogen and oxygen atoms in total. The van der Waals surface area contributed by atoms with Crippen LogP contribution in [0, 0.1) is 0 Å². The van der Waals surface area contributed by atoms with Gasteiger partial charge in [-0.3, -0.25) is 9.59 Å². The van der Waals surface area contributed by atoms with E-state index in [4.69, 9.17) is 11.6 Å². The van der Waals surface area contributed by atoms with Crippen LogP contribution in [0.2, 0.25) is 5.02 Å². The Labute approximate surface area is 122 Å². The lowest BCUT2D eigenvalue weighted by Crippen LogP contribution is -2.29. The Balaban J connectivity index is 2.12. The molecular weight excluding hydrogens is 282 g/mol. The summed E-state index contributed by atoms with van der Waals surface area (Å²) in [6, 6.07) is 7.50. The smallest absolute Gasteiger partial charge is 0.224 e. The lowest BCUT2D eigenvalue weighted by atomic mass is 10.1. The Morgan fingerprint density at radius 3 is 2.79 bits per heavy atom. The molecule has 0 N–H and O–H groups in total. The first-order chi connectivity index (χ1) is 8.99. The molecule has 0 aliphatic carbocycles. The van der Waals surface area contributed by atoms with Crippen LogP contribution in [-0.2, 0) is 9.59 Å². The first-order valence-corrected chi connectivity index (χ1v) is 7.46. The van der Waals surface area contributed by atoms with E-state index >= 15 is 0 Å². The van der Waals surface area contributed by atoms with Crippen LogP contribution in [0.25, 0.3) is 0 Å². The van der Waals surface area contributed by atoms with E-state index in [1.54, 1.807) is 0 Å². The molecule has 1 aromatic rings. The second-order valence-electron chi connectivity index (χ2n) is 4.68. The molecule has 0 spiro atoms. The molecule has 0 aromatic heterocycles. The molecule has 2 unspecified atom stereocenters. The largest absolute Gasteiger partial charge is 0.335 e. The molecule has 1 aliphatic rings. The first kappa shape index (κ1) is 14.4. The molecule has 5 heteroatoms. The van der Waals surface area contributed by atoms with Crippen molar-refractivity contribution in [3.63, 3.8) is 0 Å². The van der Waals surface area contributed by atoms with Gasteiger partial charge in [-0.1, -0.05) is 41.6 Å². The van der Waals surface area contributed by atoms with Crippen LogP contribution in [0.5, 0.6) is 0 Å². The van der Waals surface area contributed by atoms with Crippen molar-refractivity contribution in [2.45, 2.75) is 31.6 Å². The van der Waals surface area contributed by atoms with Crippen molar-refractivity contribution in [1.29, 1.82) is 0 Å². The van der Waals surface area contributed by atoms with E-state index in [0.29, 0.717) is 18.0 Å². The van der Waals surface area contributed by atoms with Crippen molar-refractivity contribution in [1.82, 2.24) is 4.90 Å². The maximum atomic E-state index is 12.1. The van der Waals surface area contributed by atoms with E-state index in [2.05, 4.69) is 0 Å². The van der Waals surface area contributed by atoms with Crippen LogP contribution < -0.4 is 0 Å². The number of carbonyl (C=O) groups excluding carboxylic acids is 2. The van der Waals surface area contributed by atoms with Gasteiger partial charge in [0.15, 0.2) is 5.12 Å². The van der Waals surface area contributed by atoms with Gasteiger partial charge in [-0.15, -0.1) is 0 Å². The summed E-state index contributed by atoms with van der Waals surface area (Å²) >= 11 is 7.42. The zero-order valence-corrected chi connectivity index (χ0v) is 12.5. The van der Waals surface area contributed by atoms with Crippen LogP contribution in [0.3, 0.4) is 0 Å². The number of amides is 1. The third-order valence-electron chi connectivity index (χ3n) is 3.28. The van der Waals surface area contributed by atoms with Crippen molar-refractivity contribution in [3.05, 3.63) is 34.9 Å². The normalized spacial score (nSPS) is 20.7. The van der Waals surface area contributed by atoms with Crippen molar-refractivity contribution in [2.75, 3.05) is 6.54 Å². The van der Waals surface area contributed by atoms with Gasteiger partial charge in [0.05, 0.1) is 6.04 Å². The molecule has 1 aliphatic heterocycles. The van der Waals surface area contributed by atoms with Gasteiger partial charge in [-0.05, 0) is 18.6 Å². The lowest BCUT2D eigenvalue weighted by Gasteiger charge is -2.25. The van der Waals surface area contributed by atoms with Gasteiger partial charge in [0.25, 0.3) is 0 Å². The molecule has 2 rings (SSSR count). The predicted octanol–water partition coefficient (Wildman–Crippen LogP) is 3.28. The topological polar surface area (TPSA) is 37.4 Å². The minimum absolute atomic E-state index is 0.0567. The fraction of sp³-hybridized carbons (Fsp3) is 0.429. The minimum Gasteiger partial charge on any atom is -0.335 e. The standard InChI is InChI=1S/C14H16ClNO2S/c1-9(12-5-3-4-6-13(12)15)16-8-11(7-14(16)18)19-10(2)17/h3-6,9,11H,7-8H2,1-2H3. The fourth-order valence-corrected chi connectivity index (χ4v) is 3.59. The third-order valence-corrected chi connectivity index (χ3v) is 4.60. The van der Waals surface area contributed by atoms with E-state index in [1.165, 1.54) is 18.7 Å². The van der Waals surface area contributed by atoms with Crippen LogP contribution in [-0.4, -0.2) is 27.7 Å². The number of halogens is 1. The van der Waals surface area contributed by atoms with Crippen LogP contribution in [0.4, 0.5) is 0 Å². The molecule has 1 heterocycles. The van der Waals surface area contributed by atoms with Gasteiger partial charge < -0.3 is 4.90 Å². The molecule has 2 atom stereocenters. The Morgan fingerprint density at radius 2 is 2.16 bits per heavy atom. The van der Waals surface area contributed by atoms with Gasteiger partial charge in [0, 0.05) is 30.2 Å². The zero-order chi connectivity index (χ0) is 14.0.